The van der Waals surface area contributed by atoms with Crippen molar-refractivity contribution in [3.63, 3.8) is 0 Å². The molecule has 0 radical (unpaired) electrons. The molecule has 0 amide bonds. The van der Waals surface area contributed by atoms with E-state index in [1.807, 2.05) is 66.9 Å². The van der Waals surface area contributed by atoms with E-state index in [1.54, 1.807) is 14.2 Å². The number of rotatable bonds is 19. The SMILES string of the molecule is C=CCc1cc(Cc2cc(CCCSCCSCCCc3cc(CC)c(O)c(OC)c3)cc(OC)c2O)c(O)c(OC)c1. The lowest BCUT2D eigenvalue weighted by Gasteiger charge is -2.15. The molecule has 0 bridgehead atoms. The van der Waals surface area contributed by atoms with Crippen molar-refractivity contribution in [2.75, 3.05) is 44.3 Å². The second-order valence-electron chi connectivity index (χ2n) is 10.4. The first-order chi connectivity index (χ1) is 20.8. The lowest BCUT2D eigenvalue weighted by atomic mass is 9.96. The van der Waals surface area contributed by atoms with Crippen LogP contribution < -0.4 is 14.2 Å². The average Bonchev–Trinajstić information content (AvgIpc) is 3.01. The van der Waals surface area contributed by atoms with E-state index in [9.17, 15) is 15.3 Å². The maximum Gasteiger partial charge on any atom is 0.161 e. The van der Waals surface area contributed by atoms with Gasteiger partial charge in [-0.25, -0.2) is 0 Å². The molecule has 234 valence electrons. The van der Waals surface area contributed by atoms with Gasteiger partial charge in [0, 0.05) is 29.1 Å². The number of ether oxygens (including phenoxy) is 3. The van der Waals surface area contributed by atoms with Crippen molar-refractivity contribution in [2.45, 2.75) is 51.9 Å². The first kappa shape index (κ1) is 34.4. The van der Waals surface area contributed by atoms with E-state index >= 15 is 0 Å². The smallest absolute Gasteiger partial charge is 0.161 e. The molecule has 0 aliphatic rings. The minimum Gasteiger partial charge on any atom is -0.504 e. The number of hydrogen-bond donors (Lipinski definition) is 3. The topological polar surface area (TPSA) is 88.4 Å². The normalized spacial score (nSPS) is 11.0. The molecule has 0 atom stereocenters. The largest absolute Gasteiger partial charge is 0.504 e. The first-order valence-electron chi connectivity index (χ1n) is 14.8. The Kier molecular flexibility index (Phi) is 14.3. The molecule has 3 N–H and O–H groups in total. The summed E-state index contributed by atoms with van der Waals surface area (Å²) in [6.45, 7) is 5.85. The fourth-order valence-electron chi connectivity index (χ4n) is 5.05. The molecular weight excluding hydrogens is 581 g/mol. The fourth-order valence-corrected chi connectivity index (χ4v) is 7.10. The van der Waals surface area contributed by atoms with Crippen LogP contribution in [0.1, 0.15) is 53.1 Å². The van der Waals surface area contributed by atoms with Crippen LogP contribution in [0, 0.1) is 0 Å². The summed E-state index contributed by atoms with van der Waals surface area (Å²) in [7, 11) is 4.69. The van der Waals surface area contributed by atoms with Crippen molar-refractivity contribution >= 4 is 23.5 Å². The van der Waals surface area contributed by atoms with Crippen molar-refractivity contribution in [3.05, 3.63) is 82.4 Å². The Morgan fingerprint density at radius 1 is 0.628 bits per heavy atom. The third kappa shape index (κ3) is 9.97. The molecule has 6 nitrogen and oxygen atoms in total. The number of aryl methyl sites for hydroxylation is 3. The second-order valence-corrected chi connectivity index (χ2v) is 12.8. The van der Waals surface area contributed by atoms with Gasteiger partial charge in [0.25, 0.3) is 0 Å². The van der Waals surface area contributed by atoms with Crippen LogP contribution in [0.25, 0.3) is 0 Å². The summed E-state index contributed by atoms with van der Waals surface area (Å²) >= 11 is 3.96. The molecule has 0 unspecified atom stereocenters. The molecule has 3 rings (SSSR count). The Labute approximate surface area is 265 Å². The van der Waals surface area contributed by atoms with Gasteiger partial charge in [-0.05, 0) is 90.5 Å². The van der Waals surface area contributed by atoms with Gasteiger partial charge < -0.3 is 29.5 Å². The van der Waals surface area contributed by atoms with Crippen molar-refractivity contribution in [3.8, 4) is 34.5 Å². The molecule has 0 fully saturated rings. The van der Waals surface area contributed by atoms with Gasteiger partial charge in [0.05, 0.1) is 21.3 Å². The zero-order valence-corrected chi connectivity index (χ0v) is 27.5. The van der Waals surface area contributed by atoms with Crippen LogP contribution in [-0.2, 0) is 32.1 Å². The van der Waals surface area contributed by atoms with Gasteiger partial charge in [-0.2, -0.15) is 23.5 Å². The Bertz CT molecular complexity index is 1320. The zero-order valence-electron chi connectivity index (χ0n) is 25.9. The summed E-state index contributed by atoms with van der Waals surface area (Å²) in [6, 6.07) is 11.7. The van der Waals surface area contributed by atoms with Crippen molar-refractivity contribution in [2.24, 2.45) is 0 Å². The highest BCUT2D eigenvalue weighted by molar-refractivity contribution is 8.02. The van der Waals surface area contributed by atoms with Gasteiger partial charge in [0.1, 0.15) is 0 Å². The van der Waals surface area contributed by atoms with E-state index in [0.717, 1.165) is 71.8 Å². The van der Waals surface area contributed by atoms with E-state index < -0.39 is 0 Å². The summed E-state index contributed by atoms with van der Waals surface area (Å²) in [6.07, 6.45) is 7.60. The molecule has 0 saturated heterocycles. The predicted octanol–water partition coefficient (Wildman–Crippen LogP) is 7.74. The Balaban J connectivity index is 1.44. The predicted molar refractivity (Wildman–Crippen MR) is 181 cm³/mol. The van der Waals surface area contributed by atoms with Crippen LogP contribution in [0.4, 0.5) is 0 Å². The fraction of sp³-hybridized carbons (Fsp3) is 0.429. The summed E-state index contributed by atoms with van der Waals surface area (Å²) in [5, 5.41) is 31.8. The molecule has 0 aliphatic heterocycles. The summed E-state index contributed by atoms with van der Waals surface area (Å²) in [5.74, 6) is 6.28. The number of aromatic hydroxyl groups is 3. The number of hydrogen-bond acceptors (Lipinski definition) is 8. The van der Waals surface area contributed by atoms with Gasteiger partial charge in [0.15, 0.2) is 34.5 Å². The molecule has 0 spiro atoms. The van der Waals surface area contributed by atoms with Crippen LogP contribution in [0.15, 0.2) is 49.1 Å². The number of phenols is 3. The molecule has 0 heterocycles. The quantitative estimate of drug-likeness (QED) is 0.0920. The third-order valence-corrected chi connectivity index (χ3v) is 9.72. The van der Waals surface area contributed by atoms with Crippen LogP contribution in [0.2, 0.25) is 0 Å². The van der Waals surface area contributed by atoms with Crippen molar-refractivity contribution in [1.82, 2.24) is 0 Å². The Morgan fingerprint density at radius 2 is 1.05 bits per heavy atom. The molecule has 0 saturated carbocycles. The van der Waals surface area contributed by atoms with E-state index in [4.69, 9.17) is 14.2 Å². The van der Waals surface area contributed by atoms with Crippen LogP contribution in [0.3, 0.4) is 0 Å². The van der Waals surface area contributed by atoms with E-state index in [1.165, 1.54) is 12.7 Å². The number of phenolic OH excluding ortho intramolecular Hbond substituents is 3. The van der Waals surface area contributed by atoms with Gasteiger partial charge in [-0.15, -0.1) is 6.58 Å². The van der Waals surface area contributed by atoms with Gasteiger partial charge in [-0.1, -0.05) is 31.2 Å². The molecular formula is C35H46O6S2. The maximum absolute atomic E-state index is 10.8. The summed E-state index contributed by atoms with van der Waals surface area (Å²) < 4.78 is 16.2. The molecule has 0 aliphatic carbocycles. The highest BCUT2D eigenvalue weighted by Gasteiger charge is 2.16. The minimum atomic E-state index is 0.0829. The highest BCUT2D eigenvalue weighted by atomic mass is 32.2. The molecule has 3 aromatic rings. The molecule has 8 heteroatoms. The van der Waals surface area contributed by atoms with Crippen LogP contribution >= 0.6 is 23.5 Å². The Hall–Kier alpha value is -3.10. The number of methoxy groups -OCH3 is 3. The first-order valence-corrected chi connectivity index (χ1v) is 17.1. The lowest BCUT2D eigenvalue weighted by molar-refractivity contribution is 0.367. The lowest BCUT2D eigenvalue weighted by Crippen LogP contribution is -1.99. The monoisotopic (exact) mass is 626 g/mol. The minimum absolute atomic E-state index is 0.0829. The molecule has 43 heavy (non-hydrogen) atoms. The third-order valence-electron chi connectivity index (χ3n) is 7.32. The summed E-state index contributed by atoms with van der Waals surface area (Å²) in [4.78, 5) is 0. The Morgan fingerprint density at radius 3 is 1.49 bits per heavy atom. The van der Waals surface area contributed by atoms with Crippen LogP contribution in [-0.4, -0.2) is 59.7 Å². The number of benzene rings is 3. The van der Waals surface area contributed by atoms with Gasteiger partial charge in [-0.3, -0.25) is 0 Å². The van der Waals surface area contributed by atoms with E-state index in [-0.39, 0.29) is 17.2 Å². The van der Waals surface area contributed by atoms with E-state index in [0.29, 0.717) is 41.2 Å². The van der Waals surface area contributed by atoms with Gasteiger partial charge in [0.2, 0.25) is 0 Å². The molecule has 0 aromatic heterocycles. The zero-order chi connectivity index (χ0) is 31.2. The van der Waals surface area contributed by atoms with Crippen molar-refractivity contribution in [1.29, 1.82) is 0 Å². The average molecular weight is 627 g/mol. The number of thioether (sulfide) groups is 2. The van der Waals surface area contributed by atoms with E-state index in [2.05, 4.69) is 12.6 Å². The van der Waals surface area contributed by atoms with Crippen LogP contribution in [0.5, 0.6) is 34.5 Å². The standard InChI is InChI=1S/C35H46O6S2/c1-6-10-24-18-28(34(37)31(20-24)40-4)23-29-19-26(22-32(41-5)35(29)38)12-9-14-43-16-15-42-13-8-11-25-17-27(7-2)33(36)30(21-25)39-3/h6,17-22,36-38H,1,7-16,23H2,2-5H3. The molecule has 3 aromatic carbocycles. The second kappa shape index (κ2) is 17.9. The van der Waals surface area contributed by atoms with Crippen molar-refractivity contribution < 1.29 is 29.5 Å². The summed E-state index contributed by atoms with van der Waals surface area (Å²) in [5.41, 5.74) is 5.64. The van der Waals surface area contributed by atoms with Gasteiger partial charge >= 0.3 is 0 Å². The maximum atomic E-state index is 10.8. The number of allylic oxidation sites excluding steroid dienone is 1. The highest BCUT2D eigenvalue weighted by Crippen LogP contribution is 2.38.